The van der Waals surface area contributed by atoms with E-state index in [0.717, 1.165) is 50.7 Å². The topological polar surface area (TPSA) is 137 Å². The highest BCUT2D eigenvalue weighted by Gasteiger charge is 2.63. The van der Waals surface area contributed by atoms with Gasteiger partial charge in [-0.25, -0.2) is 9.78 Å². The average Bonchev–Trinajstić information content (AvgIpc) is 3.49. The number of hydrogen-bond acceptors (Lipinski definition) is 6. The summed E-state index contributed by atoms with van der Waals surface area (Å²) in [7, 11) is 0. The molecule has 9 heteroatoms. The van der Waals surface area contributed by atoms with Gasteiger partial charge in [0, 0.05) is 23.7 Å². The standard InChI is InChI=1S/C29H38N4O5/c1-4-29(37)12-9-23-21-6-5-18-13-19(7-10-27(18,2)22(21)8-11-28(23,29)3)33-38-16-25(34)32-24(26(35)36)14-20-15-30-17-31-20/h1,13,15,17,21-24,37H,5-12,14,16H2,2-3H3,(H,30,31)(H,32,34)(H,35,36). The first-order valence-electron chi connectivity index (χ1n) is 13.7. The smallest absolute Gasteiger partial charge is 0.326 e. The quantitative estimate of drug-likeness (QED) is 0.321. The summed E-state index contributed by atoms with van der Waals surface area (Å²) in [6.07, 6.45) is 18.6. The average molecular weight is 523 g/mol. The highest BCUT2D eigenvalue weighted by molar-refractivity contribution is 5.96. The lowest BCUT2D eigenvalue weighted by molar-refractivity contribution is -0.142. The molecule has 1 aromatic rings. The van der Waals surface area contributed by atoms with Crippen LogP contribution >= 0.6 is 0 Å². The second-order valence-corrected chi connectivity index (χ2v) is 12.1. The molecular formula is C29H38N4O5. The number of oxime groups is 1. The normalized spacial score (nSPS) is 37.7. The summed E-state index contributed by atoms with van der Waals surface area (Å²) in [5, 5.41) is 27.3. The number of carboxylic acid groups (broad SMARTS) is 1. The zero-order chi connectivity index (χ0) is 27.1. The molecule has 1 heterocycles. The molecule has 0 saturated heterocycles. The fourth-order valence-electron chi connectivity index (χ4n) is 8.12. The van der Waals surface area contributed by atoms with Crippen LogP contribution in [0.15, 0.2) is 29.3 Å². The third-order valence-corrected chi connectivity index (χ3v) is 10.4. The first kappa shape index (κ1) is 26.5. The van der Waals surface area contributed by atoms with Crippen LogP contribution in [0.2, 0.25) is 0 Å². The highest BCUT2D eigenvalue weighted by Crippen LogP contribution is 2.67. The Labute approximate surface area is 223 Å². The summed E-state index contributed by atoms with van der Waals surface area (Å²) >= 11 is 0. The number of rotatable bonds is 7. The molecule has 7 unspecified atom stereocenters. The number of aliphatic carboxylic acids is 1. The number of amides is 1. The Balaban J connectivity index is 1.20. The fourth-order valence-corrected chi connectivity index (χ4v) is 8.12. The summed E-state index contributed by atoms with van der Waals surface area (Å²) in [5.74, 6) is 2.68. The predicted molar refractivity (Wildman–Crippen MR) is 141 cm³/mol. The zero-order valence-corrected chi connectivity index (χ0v) is 22.2. The molecule has 5 rings (SSSR count). The van der Waals surface area contributed by atoms with E-state index in [1.165, 1.54) is 18.1 Å². The van der Waals surface area contributed by atoms with Gasteiger partial charge >= 0.3 is 5.97 Å². The van der Waals surface area contributed by atoms with Crippen LogP contribution in [-0.4, -0.2) is 56.0 Å². The predicted octanol–water partition coefficient (Wildman–Crippen LogP) is 3.22. The Kier molecular flexibility index (Phi) is 6.89. The molecule has 1 amide bonds. The number of allylic oxidation sites excluding steroid dienone is 2. The van der Waals surface area contributed by atoms with Crippen molar-refractivity contribution >= 4 is 17.6 Å². The molecular weight excluding hydrogens is 484 g/mol. The Bertz CT molecular complexity index is 1190. The van der Waals surface area contributed by atoms with E-state index in [1.54, 1.807) is 0 Å². The van der Waals surface area contributed by atoms with Gasteiger partial charge in [-0.05, 0) is 80.6 Å². The number of aromatic amines is 1. The monoisotopic (exact) mass is 522 g/mol. The van der Waals surface area contributed by atoms with Crippen LogP contribution in [0.5, 0.6) is 0 Å². The Morgan fingerprint density at radius 1 is 1.26 bits per heavy atom. The van der Waals surface area contributed by atoms with E-state index >= 15 is 0 Å². The van der Waals surface area contributed by atoms with Crippen molar-refractivity contribution in [1.29, 1.82) is 0 Å². The second-order valence-electron chi connectivity index (χ2n) is 12.1. The van der Waals surface area contributed by atoms with Gasteiger partial charge in [0.25, 0.3) is 5.91 Å². The van der Waals surface area contributed by atoms with Crippen molar-refractivity contribution in [2.75, 3.05) is 6.61 Å². The number of imidazole rings is 1. The third kappa shape index (κ3) is 4.43. The Hall–Kier alpha value is -3.12. The second kappa shape index (κ2) is 9.88. The van der Waals surface area contributed by atoms with Gasteiger partial charge in [0.1, 0.15) is 11.6 Å². The first-order valence-corrected chi connectivity index (χ1v) is 13.7. The third-order valence-electron chi connectivity index (χ3n) is 10.4. The Morgan fingerprint density at radius 2 is 2.05 bits per heavy atom. The van der Waals surface area contributed by atoms with Gasteiger partial charge in [-0.2, -0.15) is 0 Å². The van der Waals surface area contributed by atoms with Gasteiger partial charge < -0.3 is 25.4 Å². The largest absolute Gasteiger partial charge is 0.480 e. The zero-order valence-electron chi connectivity index (χ0n) is 22.2. The first-order chi connectivity index (χ1) is 18.1. The van der Waals surface area contributed by atoms with Crippen molar-refractivity contribution in [2.45, 2.75) is 83.3 Å². The molecule has 9 nitrogen and oxygen atoms in total. The van der Waals surface area contributed by atoms with Crippen molar-refractivity contribution in [3.63, 3.8) is 0 Å². The number of nitrogens with zero attached hydrogens (tertiary/aromatic N) is 2. The number of carbonyl (C=O) groups excluding carboxylic acids is 1. The maximum absolute atomic E-state index is 12.3. The number of fused-ring (bicyclic) bond motifs is 5. The number of terminal acetylenes is 1. The van der Waals surface area contributed by atoms with Crippen LogP contribution in [0.25, 0.3) is 0 Å². The van der Waals surface area contributed by atoms with E-state index in [4.69, 9.17) is 11.3 Å². The number of aliphatic hydroxyl groups is 1. The summed E-state index contributed by atoms with van der Waals surface area (Å²) in [5.41, 5.74) is 1.75. The van der Waals surface area contributed by atoms with E-state index in [-0.39, 0.29) is 23.9 Å². The Morgan fingerprint density at radius 3 is 2.76 bits per heavy atom. The lowest BCUT2D eigenvalue weighted by atomic mass is 9.46. The van der Waals surface area contributed by atoms with Gasteiger partial charge in [0.2, 0.25) is 0 Å². The number of carboxylic acids is 1. The van der Waals surface area contributed by atoms with E-state index in [2.05, 4.69) is 46.3 Å². The van der Waals surface area contributed by atoms with Crippen molar-refractivity contribution in [1.82, 2.24) is 15.3 Å². The number of aromatic nitrogens is 2. The lowest BCUT2D eigenvalue weighted by Gasteiger charge is -2.58. The molecule has 3 saturated carbocycles. The summed E-state index contributed by atoms with van der Waals surface area (Å²) in [6.45, 7) is 4.25. The van der Waals surface area contributed by atoms with Crippen molar-refractivity contribution < 1.29 is 24.6 Å². The number of nitrogens with one attached hydrogen (secondary N) is 2. The molecule has 0 aromatic carbocycles. The van der Waals surface area contributed by atoms with E-state index in [1.807, 2.05) is 0 Å². The minimum atomic E-state index is -1.13. The number of carbonyl (C=O) groups is 2. The fraction of sp³-hybridized carbons (Fsp3) is 0.655. The molecule has 7 atom stereocenters. The van der Waals surface area contributed by atoms with Crippen molar-refractivity contribution in [2.24, 2.45) is 33.7 Å². The van der Waals surface area contributed by atoms with Crippen LogP contribution in [0, 0.1) is 40.9 Å². The van der Waals surface area contributed by atoms with Gasteiger partial charge in [-0.15, -0.1) is 6.42 Å². The van der Waals surface area contributed by atoms with Gasteiger partial charge in [0.05, 0.1) is 12.0 Å². The van der Waals surface area contributed by atoms with Crippen LogP contribution in [0.3, 0.4) is 0 Å². The van der Waals surface area contributed by atoms with Gasteiger partial charge in [-0.3, -0.25) is 4.79 Å². The summed E-state index contributed by atoms with van der Waals surface area (Å²) in [4.78, 5) is 35.9. The summed E-state index contributed by atoms with van der Waals surface area (Å²) < 4.78 is 0. The minimum absolute atomic E-state index is 0.0961. The highest BCUT2D eigenvalue weighted by atomic mass is 16.6. The van der Waals surface area contributed by atoms with Gasteiger partial charge in [-0.1, -0.05) is 30.5 Å². The minimum Gasteiger partial charge on any atom is -0.480 e. The summed E-state index contributed by atoms with van der Waals surface area (Å²) in [6, 6.07) is -1.08. The van der Waals surface area contributed by atoms with E-state index in [0.29, 0.717) is 29.9 Å². The van der Waals surface area contributed by atoms with Gasteiger partial charge in [0.15, 0.2) is 6.61 Å². The molecule has 204 valence electrons. The molecule has 4 aliphatic rings. The van der Waals surface area contributed by atoms with Crippen LogP contribution in [-0.2, 0) is 20.8 Å². The van der Waals surface area contributed by atoms with E-state index < -0.39 is 23.5 Å². The van der Waals surface area contributed by atoms with Crippen molar-refractivity contribution in [3.05, 3.63) is 29.9 Å². The molecule has 4 N–H and O–H groups in total. The molecule has 0 bridgehead atoms. The number of H-pyrrole nitrogens is 1. The van der Waals surface area contributed by atoms with Crippen LogP contribution < -0.4 is 5.32 Å². The molecule has 0 spiro atoms. The maximum Gasteiger partial charge on any atom is 0.326 e. The van der Waals surface area contributed by atoms with Crippen LogP contribution in [0.4, 0.5) is 0 Å². The molecule has 0 radical (unpaired) electrons. The van der Waals surface area contributed by atoms with E-state index in [9.17, 15) is 19.8 Å². The number of hydrogen-bond donors (Lipinski definition) is 4. The molecule has 4 aliphatic carbocycles. The molecule has 38 heavy (non-hydrogen) atoms. The SMILES string of the molecule is C#CC1(O)CCC2C3CCC4=CC(=NOCC(=O)NC(Cc5cnc[nH]5)C(=O)O)CCC4(C)C3CCC21C. The maximum atomic E-state index is 12.3. The lowest BCUT2D eigenvalue weighted by Crippen LogP contribution is -2.54. The molecule has 3 fully saturated rings. The van der Waals surface area contributed by atoms with Crippen molar-refractivity contribution in [3.8, 4) is 12.3 Å². The van der Waals surface area contributed by atoms with Crippen LogP contribution in [0.1, 0.15) is 70.9 Å². The molecule has 1 aromatic heterocycles. The molecule has 0 aliphatic heterocycles.